The highest BCUT2D eigenvalue weighted by Gasteiger charge is 2.20. The summed E-state index contributed by atoms with van der Waals surface area (Å²) in [6, 6.07) is 9.06. The first-order chi connectivity index (χ1) is 10.3. The smallest absolute Gasteiger partial charge is 0.202 e. The Labute approximate surface area is 131 Å². The molecule has 2 rings (SSSR count). The maximum absolute atomic E-state index is 12.3. The Balaban J connectivity index is 2.17. The molecular formula is C18H22O4. The van der Waals surface area contributed by atoms with Crippen LogP contribution in [0.4, 0.5) is 0 Å². The lowest BCUT2D eigenvalue weighted by Gasteiger charge is -2.14. The van der Waals surface area contributed by atoms with Crippen molar-refractivity contribution in [1.29, 1.82) is 0 Å². The van der Waals surface area contributed by atoms with E-state index in [4.69, 9.17) is 13.9 Å². The normalized spacial score (nSPS) is 11.3. The van der Waals surface area contributed by atoms with E-state index in [0.717, 1.165) is 11.3 Å². The maximum atomic E-state index is 12.3. The van der Waals surface area contributed by atoms with Crippen molar-refractivity contribution in [2.24, 2.45) is 0 Å². The van der Waals surface area contributed by atoms with Gasteiger partial charge >= 0.3 is 0 Å². The first-order valence-electron chi connectivity index (χ1n) is 7.19. The number of furan rings is 1. The predicted molar refractivity (Wildman–Crippen MR) is 85.0 cm³/mol. The highest BCUT2D eigenvalue weighted by Crippen LogP contribution is 2.29. The summed E-state index contributed by atoms with van der Waals surface area (Å²) in [5.41, 5.74) is 0.748. The van der Waals surface area contributed by atoms with Crippen LogP contribution in [0.5, 0.6) is 11.5 Å². The summed E-state index contributed by atoms with van der Waals surface area (Å²) in [5, 5.41) is 0. The number of hydrogen-bond acceptors (Lipinski definition) is 4. The van der Waals surface area contributed by atoms with E-state index in [1.165, 1.54) is 0 Å². The van der Waals surface area contributed by atoms with E-state index in [1.807, 2.05) is 18.2 Å². The Morgan fingerprint density at radius 1 is 1.05 bits per heavy atom. The van der Waals surface area contributed by atoms with Gasteiger partial charge in [-0.15, -0.1) is 0 Å². The van der Waals surface area contributed by atoms with Crippen LogP contribution in [0.15, 0.2) is 34.7 Å². The minimum Gasteiger partial charge on any atom is -0.493 e. The largest absolute Gasteiger partial charge is 0.493 e. The number of methoxy groups -OCH3 is 2. The zero-order valence-electron chi connectivity index (χ0n) is 13.7. The molecule has 0 bridgehead atoms. The molecule has 0 aliphatic heterocycles. The minimum absolute atomic E-state index is 0.0530. The molecule has 0 spiro atoms. The molecular weight excluding hydrogens is 280 g/mol. The van der Waals surface area contributed by atoms with Gasteiger partial charge in [0.05, 0.1) is 14.2 Å². The van der Waals surface area contributed by atoms with Crippen LogP contribution < -0.4 is 9.47 Å². The number of rotatable bonds is 5. The van der Waals surface area contributed by atoms with Crippen LogP contribution >= 0.6 is 0 Å². The fourth-order valence-corrected chi connectivity index (χ4v) is 2.15. The monoisotopic (exact) mass is 302 g/mol. The van der Waals surface area contributed by atoms with Gasteiger partial charge in [-0.1, -0.05) is 26.8 Å². The third-order valence-electron chi connectivity index (χ3n) is 3.43. The second-order valence-electron chi connectivity index (χ2n) is 6.20. The molecule has 2 aromatic rings. The van der Waals surface area contributed by atoms with Crippen LogP contribution in [0, 0.1) is 0 Å². The zero-order chi connectivity index (χ0) is 16.3. The molecule has 22 heavy (non-hydrogen) atoms. The Morgan fingerprint density at radius 2 is 1.73 bits per heavy atom. The van der Waals surface area contributed by atoms with E-state index in [9.17, 15) is 4.79 Å². The van der Waals surface area contributed by atoms with Crippen molar-refractivity contribution in [3.8, 4) is 11.5 Å². The molecule has 0 saturated heterocycles. The first-order valence-corrected chi connectivity index (χ1v) is 7.19. The van der Waals surface area contributed by atoms with Crippen molar-refractivity contribution >= 4 is 5.78 Å². The van der Waals surface area contributed by atoms with Gasteiger partial charge < -0.3 is 13.9 Å². The van der Waals surface area contributed by atoms with Crippen molar-refractivity contribution < 1.29 is 18.7 Å². The molecule has 0 atom stereocenters. The number of carbonyl (C=O) groups is 1. The average Bonchev–Trinajstić information content (AvgIpc) is 2.97. The van der Waals surface area contributed by atoms with Gasteiger partial charge in [0.2, 0.25) is 5.78 Å². The summed E-state index contributed by atoms with van der Waals surface area (Å²) < 4.78 is 16.1. The van der Waals surface area contributed by atoms with Crippen LogP contribution in [0.2, 0.25) is 0 Å². The molecule has 4 heteroatoms. The Kier molecular flexibility index (Phi) is 4.59. The van der Waals surface area contributed by atoms with Gasteiger partial charge in [0.1, 0.15) is 5.76 Å². The molecule has 0 aliphatic rings. The van der Waals surface area contributed by atoms with E-state index in [0.29, 0.717) is 17.3 Å². The van der Waals surface area contributed by atoms with Gasteiger partial charge in [-0.25, -0.2) is 0 Å². The maximum Gasteiger partial charge on any atom is 0.202 e. The van der Waals surface area contributed by atoms with Crippen LogP contribution in [0.25, 0.3) is 0 Å². The molecule has 1 heterocycles. The van der Waals surface area contributed by atoms with Crippen molar-refractivity contribution in [2.45, 2.75) is 32.6 Å². The van der Waals surface area contributed by atoms with Crippen molar-refractivity contribution in [3.63, 3.8) is 0 Å². The number of hydrogen-bond donors (Lipinski definition) is 0. The molecule has 0 N–H and O–H groups in total. The SMILES string of the molecule is COc1ccc(CC(=O)c2ccc(C(C)(C)C)o2)cc1OC. The summed E-state index contributed by atoms with van der Waals surface area (Å²) in [6.07, 6.45) is 0.261. The summed E-state index contributed by atoms with van der Waals surface area (Å²) >= 11 is 0. The topological polar surface area (TPSA) is 48.7 Å². The number of carbonyl (C=O) groups excluding carboxylic acids is 1. The van der Waals surface area contributed by atoms with Gasteiger partial charge in [0, 0.05) is 11.8 Å². The number of ether oxygens (including phenoxy) is 2. The zero-order valence-corrected chi connectivity index (χ0v) is 13.7. The van der Waals surface area contributed by atoms with Crippen LogP contribution in [0.1, 0.15) is 42.6 Å². The molecule has 0 fully saturated rings. The minimum atomic E-state index is -0.109. The lowest BCUT2D eigenvalue weighted by molar-refractivity contribution is 0.0963. The third kappa shape index (κ3) is 3.50. The summed E-state index contributed by atoms with van der Waals surface area (Å²) in [5.74, 6) is 2.40. The fraction of sp³-hybridized carbons (Fsp3) is 0.389. The van der Waals surface area contributed by atoms with Gasteiger partial charge in [-0.2, -0.15) is 0 Å². The van der Waals surface area contributed by atoms with Crippen LogP contribution in [-0.4, -0.2) is 20.0 Å². The second kappa shape index (κ2) is 6.26. The van der Waals surface area contributed by atoms with Crippen LogP contribution in [0.3, 0.4) is 0 Å². The first kappa shape index (κ1) is 16.1. The standard InChI is InChI=1S/C18H22O4/c1-18(2,3)17-9-8-14(22-17)13(19)10-12-6-7-15(20-4)16(11-12)21-5/h6-9,11H,10H2,1-5H3. The van der Waals surface area contributed by atoms with Gasteiger partial charge in [0.25, 0.3) is 0 Å². The third-order valence-corrected chi connectivity index (χ3v) is 3.43. The quantitative estimate of drug-likeness (QED) is 0.783. The predicted octanol–water partition coefficient (Wildman–Crippen LogP) is 4.02. The Bertz CT molecular complexity index is 662. The molecule has 0 amide bonds. The van der Waals surface area contributed by atoms with E-state index in [-0.39, 0.29) is 17.6 Å². The highest BCUT2D eigenvalue weighted by atomic mass is 16.5. The number of ketones is 1. The molecule has 0 aliphatic carbocycles. The Morgan fingerprint density at radius 3 is 2.27 bits per heavy atom. The van der Waals surface area contributed by atoms with Gasteiger partial charge in [-0.05, 0) is 29.8 Å². The molecule has 1 aromatic heterocycles. The Hall–Kier alpha value is -2.23. The van der Waals surface area contributed by atoms with Crippen LogP contribution in [-0.2, 0) is 11.8 Å². The van der Waals surface area contributed by atoms with E-state index < -0.39 is 0 Å². The molecule has 0 unspecified atom stereocenters. The summed E-state index contributed by atoms with van der Waals surface area (Å²) in [6.45, 7) is 6.15. The highest BCUT2D eigenvalue weighted by molar-refractivity contribution is 5.95. The number of Topliss-reactive ketones (excluding diaryl/α,β-unsaturated/α-hetero) is 1. The molecule has 4 nitrogen and oxygen atoms in total. The van der Waals surface area contributed by atoms with Gasteiger partial charge in [-0.3, -0.25) is 4.79 Å². The molecule has 0 radical (unpaired) electrons. The van der Waals surface area contributed by atoms with E-state index >= 15 is 0 Å². The lowest BCUT2D eigenvalue weighted by atomic mass is 9.94. The fourth-order valence-electron chi connectivity index (χ4n) is 2.15. The number of benzene rings is 1. The van der Waals surface area contributed by atoms with Crippen molar-refractivity contribution in [3.05, 3.63) is 47.4 Å². The average molecular weight is 302 g/mol. The second-order valence-corrected chi connectivity index (χ2v) is 6.20. The van der Waals surface area contributed by atoms with E-state index in [2.05, 4.69) is 20.8 Å². The summed E-state index contributed by atoms with van der Waals surface area (Å²) in [4.78, 5) is 12.3. The van der Waals surface area contributed by atoms with Crippen molar-refractivity contribution in [1.82, 2.24) is 0 Å². The lowest BCUT2D eigenvalue weighted by Crippen LogP contribution is -2.09. The molecule has 1 aromatic carbocycles. The summed E-state index contributed by atoms with van der Waals surface area (Å²) in [7, 11) is 3.16. The molecule has 0 saturated carbocycles. The molecule has 118 valence electrons. The van der Waals surface area contributed by atoms with Crippen molar-refractivity contribution in [2.75, 3.05) is 14.2 Å². The van der Waals surface area contributed by atoms with Gasteiger partial charge in [0.15, 0.2) is 17.3 Å². The van der Waals surface area contributed by atoms with E-state index in [1.54, 1.807) is 26.4 Å².